The van der Waals surface area contributed by atoms with E-state index in [1.807, 2.05) is 11.9 Å². The molecule has 1 N–H and O–H groups in total. The molecule has 1 saturated heterocycles. The first-order valence-electron chi connectivity index (χ1n) is 8.76. The fourth-order valence-corrected chi connectivity index (χ4v) is 5.43. The van der Waals surface area contributed by atoms with Crippen molar-refractivity contribution in [2.75, 3.05) is 32.0 Å². The summed E-state index contributed by atoms with van der Waals surface area (Å²) in [4.78, 5) is 13.2. The molecular weight excluding hydrogens is 445 g/mol. The molecule has 1 aliphatic rings. The summed E-state index contributed by atoms with van der Waals surface area (Å²) in [7, 11) is -1.29. The monoisotopic (exact) mass is 464 g/mol. The third kappa shape index (κ3) is 4.87. The molecular formula is C18H19F3N2O5S2. The summed E-state index contributed by atoms with van der Waals surface area (Å²) in [5.41, 5.74) is -1.11. The van der Waals surface area contributed by atoms with Crippen LogP contribution in [0.15, 0.2) is 34.5 Å². The average Bonchev–Trinajstić information content (AvgIpc) is 3.29. The van der Waals surface area contributed by atoms with Crippen LogP contribution in [0.4, 0.5) is 18.9 Å². The van der Waals surface area contributed by atoms with Crippen molar-refractivity contribution in [3.63, 3.8) is 0 Å². The lowest BCUT2D eigenvalue weighted by Gasteiger charge is -2.19. The molecule has 0 amide bonds. The summed E-state index contributed by atoms with van der Waals surface area (Å²) >= 11 is 0.878. The molecule has 1 aromatic carbocycles. The van der Waals surface area contributed by atoms with Gasteiger partial charge in [-0.3, -0.25) is 4.72 Å². The number of thiophene rings is 1. The number of anilines is 1. The maximum atomic E-state index is 13.4. The molecule has 1 fully saturated rings. The average molecular weight is 464 g/mol. The second kappa shape index (κ2) is 8.44. The molecule has 0 bridgehead atoms. The van der Waals surface area contributed by atoms with Gasteiger partial charge in [-0.15, -0.1) is 11.3 Å². The van der Waals surface area contributed by atoms with Crippen LogP contribution < -0.4 is 9.46 Å². The molecule has 2 aromatic rings. The van der Waals surface area contributed by atoms with Crippen LogP contribution in [-0.2, 0) is 20.9 Å². The highest BCUT2D eigenvalue weighted by molar-refractivity contribution is 7.93. The second-order valence-electron chi connectivity index (χ2n) is 6.71. The van der Waals surface area contributed by atoms with E-state index in [0.717, 1.165) is 36.6 Å². The number of hydrogen-bond acceptors (Lipinski definition) is 7. The van der Waals surface area contributed by atoms with Gasteiger partial charge in [-0.25, -0.2) is 13.2 Å². The number of ether oxygens (including phenoxy) is 2. The number of nitrogens with zero attached hydrogens (tertiary/aromatic N) is 1. The molecule has 3 rings (SSSR count). The number of carbonyl (C=O) groups is 1. The first kappa shape index (κ1) is 22.4. The van der Waals surface area contributed by atoms with Crippen LogP contribution in [0.5, 0.6) is 5.75 Å². The van der Waals surface area contributed by atoms with Gasteiger partial charge in [0, 0.05) is 19.2 Å². The van der Waals surface area contributed by atoms with Crippen LogP contribution in [0, 0.1) is 0 Å². The molecule has 12 heteroatoms. The third-order valence-corrected chi connectivity index (χ3v) is 6.92. The number of esters is 1. The third-order valence-electron chi connectivity index (χ3n) is 4.47. The number of likely N-dealkylation sites (tertiary alicyclic amines) is 1. The van der Waals surface area contributed by atoms with Gasteiger partial charge in [0.1, 0.15) is 21.6 Å². The van der Waals surface area contributed by atoms with E-state index >= 15 is 0 Å². The highest BCUT2D eigenvalue weighted by Crippen LogP contribution is 2.39. The van der Waals surface area contributed by atoms with Gasteiger partial charge in [0.25, 0.3) is 10.0 Å². The van der Waals surface area contributed by atoms with Crippen molar-refractivity contribution in [3.8, 4) is 5.75 Å². The van der Waals surface area contributed by atoms with Gasteiger partial charge in [0.15, 0.2) is 0 Å². The highest BCUT2D eigenvalue weighted by atomic mass is 32.2. The minimum absolute atomic E-state index is 0.119. The number of methoxy groups -OCH3 is 1. The van der Waals surface area contributed by atoms with E-state index in [1.54, 1.807) is 0 Å². The van der Waals surface area contributed by atoms with Crippen molar-refractivity contribution in [2.24, 2.45) is 0 Å². The Kier molecular flexibility index (Phi) is 6.29. The quantitative estimate of drug-likeness (QED) is 0.660. The second-order valence-corrected chi connectivity index (χ2v) is 9.28. The van der Waals surface area contributed by atoms with E-state index in [1.165, 1.54) is 11.4 Å². The Balaban J connectivity index is 1.92. The van der Waals surface area contributed by atoms with Crippen molar-refractivity contribution in [2.45, 2.75) is 23.6 Å². The van der Waals surface area contributed by atoms with Gasteiger partial charge < -0.3 is 14.4 Å². The Morgan fingerprint density at radius 1 is 1.30 bits per heavy atom. The molecule has 1 atom stereocenters. The van der Waals surface area contributed by atoms with Crippen LogP contribution in [-0.4, -0.2) is 52.6 Å². The normalized spacial score (nSPS) is 17.7. The zero-order chi connectivity index (χ0) is 22.1. The van der Waals surface area contributed by atoms with Crippen LogP contribution in [0.25, 0.3) is 0 Å². The van der Waals surface area contributed by atoms with Crippen molar-refractivity contribution in [1.82, 2.24) is 4.90 Å². The maximum Gasteiger partial charge on any atom is 0.419 e. The SMILES string of the molecule is COC(=O)c1sccc1S(=O)(=O)Nc1ccc(C(F)(F)F)c(O[C@@H]2CCN(C)C2)c1. The van der Waals surface area contributed by atoms with Crippen LogP contribution in [0.2, 0.25) is 0 Å². The van der Waals surface area contributed by atoms with Gasteiger partial charge >= 0.3 is 12.1 Å². The lowest BCUT2D eigenvalue weighted by molar-refractivity contribution is -0.139. The molecule has 30 heavy (non-hydrogen) atoms. The van der Waals surface area contributed by atoms with Crippen molar-refractivity contribution in [3.05, 3.63) is 40.1 Å². The summed E-state index contributed by atoms with van der Waals surface area (Å²) < 4.78 is 77.9. The minimum atomic E-state index is -4.66. The number of hydrogen-bond donors (Lipinski definition) is 1. The van der Waals surface area contributed by atoms with E-state index in [9.17, 15) is 26.4 Å². The fraction of sp³-hybridized carbons (Fsp3) is 0.389. The Morgan fingerprint density at radius 3 is 2.63 bits per heavy atom. The highest BCUT2D eigenvalue weighted by Gasteiger charge is 2.36. The molecule has 2 heterocycles. The zero-order valence-corrected chi connectivity index (χ0v) is 17.7. The summed E-state index contributed by atoms with van der Waals surface area (Å²) in [6.07, 6.45) is -4.55. The van der Waals surface area contributed by atoms with Gasteiger partial charge in [-0.1, -0.05) is 0 Å². The molecule has 0 unspecified atom stereocenters. The van der Waals surface area contributed by atoms with Crippen molar-refractivity contribution < 1.29 is 35.9 Å². The maximum absolute atomic E-state index is 13.4. The number of rotatable bonds is 6. The molecule has 0 spiro atoms. The van der Waals surface area contributed by atoms with Crippen LogP contribution >= 0.6 is 11.3 Å². The largest absolute Gasteiger partial charge is 0.488 e. The zero-order valence-electron chi connectivity index (χ0n) is 16.0. The molecule has 0 radical (unpaired) electrons. The number of alkyl halides is 3. The predicted octanol–water partition coefficient (Wildman–Crippen LogP) is 3.44. The topological polar surface area (TPSA) is 84.9 Å². The number of nitrogens with one attached hydrogen (secondary N) is 1. The number of sulfonamides is 1. The Morgan fingerprint density at radius 2 is 2.03 bits per heavy atom. The first-order chi connectivity index (χ1) is 14.0. The number of likely N-dealkylation sites (N-methyl/N-ethyl adjacent to an activating group) is 1. The predicted molar refractivity (Wildman–Crippen MR) is 104 cm³/mol. The molecule has 0 aliphatic carbocycles. The summed E-state index contributed by atoms with van der Waals surface area (Å²) in [6.45, 7) is 1.15. The van der Waals surface area contributed by atoms with E-state index in [2.05, 4.69) is 9.46 Å². The van der Waals surface area contributed by atoms with Gasteiger partial charge in [0.05, 0.1) is 18.4 Å². The summed E-state index contributed by atoms with van der Waals surface area (Å²) in [6, 6.07) is 3.98. The van der Waals surface area contributed by atoms with Gasteiger partial charge in [-0.05, 0) is 37.0 Å². The van der Waals surface area contributed by atoms with Gasteiger partial charge in [0.2, 0.25) is 0 Å². The summed E-state index contributed by atoms with van der Waals surface area (Å²) in [5, 5.41) is 1.40. The number of benzene rings is 1. The number of halogens is 3. The molecule has 164 valence electrons. The van der Waals surface area contributed by atoms with Crippen molar-refractivity contribution >= 4 is 33.0 Å². The summed E-state index contributed by atoms with van der Waals surface area (Å²) in [5.74, 6) is -1.28. The molecule has 7 nitrogen and oxygen atoms in total. The Labute approximate surface area is 175 Å². The van der Waals surface area contributed by atoms with E-state index in [4.69, 9.17) is 4.74 Å². The van der Waals surface area contributed by atoms with E-state index < -0.39 is 39.6 Å². The fourth-order valence-electron chi connectivity index (χ4n) is 3.05. The van der Waals surface area contributed by atoms with Crippen LogP contribution in [0.3, 0.4) is 0 Å². The van der Waals surface area contributed by atoms with Gasteiger partial charge in [-0.2, -0.15) is 13.2 Å². The first-order valence-corrected chi connectivity index (χ1v) is 11.1. The molecule has 1 aromatic heterocycles. The molecule has 1 aliphatic heterocycles. The Bertz CT molecular complexity index is 1040. The number of carbonyl (C=O) groups excluding carboxylic acids is 1. The minimum Gasteiger partial charge on any atom is -0.488 e. The standard InChI is InChI=1S/C18H19F3N2O5S2/c1-23-7-5-12(10-23)28-14-9-11(3-4-13(14)18(19,20)21)22-30(25,26)15-6-8-29-16(15)17(24)27-2/h3-4,6,8-9,12,22H,5,7,10H2,1-2H3/t12-/m1/s1. The smallest absolute Gasteiger partial charge is 0.419 e. The van der Waals surface area contributed by atoms with E-state index in [-0.39, 0.29) is 15.5 Å². The van der Waals surface area contributed by atoms with Crippen LogP contribution in [0.1, 0.15) is 21.7 Å². The van der Waals surface area contributed by atoms with E-state index in [0.29, 0.717) is 19.5 Å². The van der Waals surface area contributed by atoms with Crippen molar-refractivity contribution in [1.29, 1.82) is 0 Å². The lowest BCUT2D eigenvalue weighted by atomic mass is 10.1. The lowest BCUT2D eigenvalue weighted by Crippen LogP contribution is -2.23. The Hall–Kier alpha value is -2.31. The molecule has 0 saturated carbocycles.